The van der Waals surface area contributed by atoms with Gasteiger partial charge in [0.1, 0.15) is 6.54 Å². The highest BCUT2D eigenvalue weighted by molar-refractivity contribution is 5.95. The molecule has 9 heteroatoms. The fraction of sp³-hybridized carbons (Fsp3) is 0.833. The van der Waals surface area contributed by atoms with E-state index in [1.165, 1.54) is 5.32 Å². The summed E-state index contributed by atoms with van der Waals surface area (Å²) in [7, 11) is 0. The molecule has 6 nitrogen and oxygen atoms in total. The Kier molecular flexibility index (Phi) is 7.65. The molecule has 21 heavy (non-hydrogen) atoms. The first-order valence-electron chi connectivity index (χ1n) is 6.44. The smallest absolute Gasteiger partial charge is 0.396 e. The van der Waals surface area contributed by atoms with E-state index < -0.39 is 24.7 Å². The maximum atomic E-state index is 11.9. The molecule has 124 valence electrons. The van der Waals surface area contributed by atoms with E-state index in [2.05, 4.69) is 5.32 Å². The number of rotatable bonds is 6. The minimum absolute atomic E-state index is 0.0668. The largest absolute Gasteiger partial charge is 0.405 e. The average molecular weight is 313 g/mol. The second-order valence-corrected chi connectivity index (χ2v) is 5.66. The summed E-state index contributed by atoms with van der Waals surface area (Å²) in [5.74, 6) is -0.748. The van der Waals surface area contributed by atoms with Gasteiger partial charge in [-0.25, -0.2) is 4.79 Å². The second kappa shape index (κ2) is 8.18. The zero-order valence-corrected chi connectivity index (χ0v) is 12.3. The van der Waals surface area contributed by atoms with Crippen LogP contribution in [-0.2, 0) is 4.79 Å². The lowest BCUT2D eigenvalue weighted by Gasteiger charge is -2.31. The number of hydrogen-bond donors (Lipinski definition) is 4. The molecule has 3 amide bonds. The van der Waals surface area contributed by atoms with Crippen LogP contribution in [0.25, 0.3) is 0 Å². The molecule has 0 heterocycles. The van der Waals surface area contributed by atoms with Crippen molar-refractivity contribution in [3.05, 3.63) is 0 Å². The van der Waals surface area contributed by atoms with Gasteiger partial charge in [0, 0.05) is 12.6 Å². The SMILES string of the molecule is CC(C)(C)[C@@H](CCO)NCC(=O)NC(=O)NCC(F)(F)F. The number of urea groups is 1. The first kappa shape index (κ1) is 19.7. The van der Waals surface area contributed by atoms with Gasteiger partial charge in [-0.1, -0.05) is 20.8 Å². The van der Waals surface area contributed by atoms with E-state index in [1.807, 2.05) is 20.8 Å². The van der Waals surface area contributed by atoms with Gasteiger partial charge >= 0.3 is 12.2 Å². The van der Waals surface area contributed by atoms with Crippen molar-refractivity contribution in [1.82, 2.24) is 16.0 Å². The summed E-state index contributed by atoms with van der Waals surface area (Å²) in [4.78, 5) is 22.5. The van der Waals surface area contributed by atoms with Crippen LogP contribution in [0.15, 0.2) is 0 Å². The molecule has 0 fully saturated rings. The first-order valence-corrected chi connectivity index (χ1v) is 6.44. The Morgan fingerprint density at radius 3 is 2.19 bits per heavy atom. The summed E-state index contributed by atoms with van der Waals surface area (Å²) < 4.78 is 35.6. The Bertz CT molecular complexity index is 354. The Morgan fingerprint density at radius 1 is 1.19 bits per heavy atom. The van der Waals surface area contributed by atoms with Gasteiger partial charge in [0.05, 0.1) is 6.54 Å². The summed E-state index contributed by atoms with van der Waals surface area (Å²) in [6.07, 6.45) is -4.12. The standard InChI is InChI=1S/C12H22F3N3O3/c1-11(2,3)8(4-5-19)16-6-9(20)18-10(21)17-7-12(13,14)15/h8,16,19H,4-7H2,1-3H3,(H2,17,18,20,21)/t8-/m1/s1. The van der Waals surface area contributed by atoms with E-state index in [-0.39, 0.29) is 24.6 Å². The van der Waals surface area contributed by atoms with Gasteiger partial charge < -0.3 is 15.7 Å². The third kappa shape index (κ3) is 10.1. The molecule has 0 rings (SSSR count). The first-order chi connectivity index (χ1) is 9.45. The molecule has 0 saturated heterocycles. The van der Waals surface area contributed by atoms with E-state index in [0.717, 1.165) is 0 Å². The summed E-state index contributed by atoms with van der Waals surface area (Å²) in [6.45, 7) is 3.93. The summed E-state index contributed by atoms with van der Waals surface area (Å²) in [5, 5.41) is 15.1. The van der Waals surface area contributed by atoms with Crippen molar-refractivity contribution in [2.24, 2.45) is 5.41 Å². The van der Waals surface area contributed by atoms with Crippen molar-refractivity contribution in [2.45, 2.75) is 39.4 Å². The van der Waals surface area contributed by atoms with E-state index in [0.29, 0.717) is 6.42 Å². The fourth-order valence-corrected chi connectivity index (χ4v) is 1.58. The Hall–Kier alpha value is -1.35. The molecule has 0 unspecified atom stereocenters. The predicted molar refractivity (Wildman–Crippen MR) is 70.5 cm³/mol. The highest BCUT2D eigenvalue weighted by atomic mass is 19.4. The molecule has 0 aliphatic heterocycles. The summed E-state index contributed by atoms with van der Waals surface area (Å²) in [6, 6.07) is -1.37. The van der Waals surface area contributed by atoms with Gasteiger partial charge in [-0.2, -0.15) is 13.2 Å². The van der Waals surface area contributed by atoms with Gasteiger partial charge in [0.25, 0.3) is 0 Å². The van der Waals surface area contributed by atoms with Crippen molar-refractivity contribution < 1.29 is 27.9 Å². The second-order valence-electron chi connectivity index (χ2n) is 5.66. The van der Waals surface area contributed by atoms with E-state index in [4.69, 9.17) is 5.11 Å². The van der Waals surface area contributed by atoms with Crippen LogP contribution in [0.4, 0.5) is 18.0 Å². The van der Waals surface area contributed by atoms with Crippen LogP contribution in [0.1, 0.15) is 27.2 Å². The van der Waals surface area contributed by atoms with Crippen molar-refractivity contribution in [2.75, 3.05) is 19.7 Å². The molecule has 0 radical (unpaired) electrons. The number of aliphatic hydroxyl groups excluding tert-OH is 1. The topological polar surface area (TPSA) is 90.5 Å². The number of alkyl halides is 3. The molecule has 0 aliphatic carbocycles. The lowest BCUT2D eigenvalue weighted by molar-refractivity contribution is -0.124. The van der Waals surface area contributed by atoms with E-state index in [1.54, 1.807) is 5.32 Å². The molecule has 0 aromatic carbocycles. The predicted octanol–water partition coefficient (Wildman–Crippen LogP) is 0.761. The molecule has 0 aliphatic rings. The van der Waals surface area contributed by atoms with Gasteiger partial charge in [-0.05, 0) is 11.8 Å². The number of hydrogen-bond acceptors (Lipinski definition) is 4. The third-order valence-electron chi connectivity index (χ3n) is 2.67. The molecule has 0 aromatic rings. The highest BCUT2D eigenvalue weighted by Crippen LogP contribution is 2.21. The molecular weight excluding hydrogens is 291 g/mol. The van der Waals surface area contributed by atoms with Crippen LogP contribution >= 0.6 is 0 Å². The monoisotopic (exact) mass is 313 g/mol. The van der Waals surface area contributed by atoms with E-state index in [9.17, 15) is 22.8 Å². The van der Waals surface area contributed by atoms with Crippen LogP contribution in [0, 0.1) is 5.41 Å². The molecule has 0 saturated carbocycles. The lowest BCUT2D eigenvalue weighted by atomic mass is 9.85. The van der Waals surface area contributed by atoms with Gasteiger partial charge in [0.2, 0.25) is 5.91 Å². The Balaban J connectivity index is 4.16. The van der Waals surface area contributed by atoms with Crippen molar-refractivity contribution in [1.29, 1.82) is 0 Å². The van der Waals surface area contributed by atoms with Gasteiger partial charge in [-0.3, -0.25) is 10.1 Å². The van der Waals surface area contributed by atoms with Crippen molar-refractivity contribution >= 4 is 11.9 Å². The summed E-state index contributed by atoms with van der Waals surface area (Å²) in [5.41, 5.74) is -0.221. The molecule has 4 N–H and O–H groups in total. The van der Waals surface area contributed by atoms with Crippen molar-refractivity contribution in [3.8, 4) is 0 Å². The van der Waals surface area contributed by atoms with E-state index >= 15 is 0 Å². The third-order valence-corrected chi connectivity index (χ3v) is 2.67. The highest BCUT2D eigenvalue weighted by Gasteiger charge is 2.28. The zero-order chi connectivity index (χ0) is 16.7. The van der Waals surface area contributed by atoms with Gasteiger partial charge in [0.15, 0.2) is 0 Å². The average Bonchev–Trinajstić information content (AvgIpc) is 2.29. The lowest BCUT2D eigenvalue weighted by Crippen LogP contribution is -2.49. The maximum Gasteiger partial charge on any atom is 0.405 e. The number of carbonyl (C=O) groups excluding carboxylic acids is 2. The molecule has 0 spiro atoms. The maximum absolute atomic E-state index is 11.9. The summed E-state index contributed by atoms with van der Waals surface area (Å²) >= 11 is 0. The number of carbonyl (C=O) groups is 2. The van der Waals surface area contributed by atoms with Gasteiger partial charge in [-0.15, -0.1) is 0 Å². The number of halogens is 3. The molecule has 1 atom stereocenters. The minimum Gasteiger partial charge on any atom is -0.396 e. The van der Waals surface area contributed by atoms with Crippen LogP contribution < -0.4 is 16.0 Å². The van der Waals surface area contributed by atoms with Crippen LogP contribution in [0.5, 0.6) is 0 Å². The number of aliphatic hydroxyl groups is 1. The Morgan fingerprint density at radius 2 is 1.76 bits per heavy atom. The quantitative estimate of drug-likeness (QED) is 0.583. The molecular formula is C12H22F3N3O3. The zero-order valence-electron chi connectivity index (χ0n) is 12.3. The molecule has 0 bridgehead atoms. The normalized spacial score (nSPS) is 13.7. The van der Waals surface area contributed by atoms with Crippen LogP contribution in [0.3, 0.4) is 0 Å². The number of nitrogens with one attached hydrogen (secondary N) is 3. The van der Waals surface area contributed by atoms with Crippen LogP contribution in [0.2, 0.25) is 0 Å². The minimum atomic E-state index is -4.53. The fourth-order valence-electron chi connectivity index (χ4n) is 1.58. The number of amides is 3. The van der Waals surface area contributed by atoms with Crippen molar-refractivity contribution in [3.63, 3.8) is 0 Å². The number of imide groups is 1. The molecule has 0 aromatic heterocycles. The Labute approximate surface area is 121 Å². The van der Waals surface area contributed by atoms with Crippen LogP contribution in [-0.4, -0.2) is 49.0 Å².